The van der Waals surface area contributed by atoms with Crippen molar-refractivity contribution in [2.24, 2.45) is 0 Å². The molecule has 0 spiro atoms. The largest absolute Gasteiger partial charge is 0.314 e. The Balaban J connectivity index is 1.85. The molecule has 1 atom stereocenters. The lowest BCUT2D eigenvalue weighted by atomic mass is 10.0. The molecule has 3 aromatic rings. The molecular formula is C19H21NS. The zero-order valence-electron chi connectivity index (χ0n) is 12.6. The van der Waals surface area contributed by atoms with Crippen LogP contribution >= 0.6 is 11.3 Å². The number of nitrogens with one attached hydrogen (secondary N) is 1. The molecular weight excluding hydrogens is 274 g/mol. The van der Waals surface area contributed by atoms with Crippen molar-refractivity contribution in [1.82, 2.24) is 5.32 Å². The number of benzene rings is 2. The van der Waals surface area contributed by atoms with Gasteiger partial charge in [-0.2, -0.15) is 0 Å². The summed E-state index contributed by atoms with van der Waals surface area (Å²) in [5.74, 6) is 0. The van der Waals surface area contributed by atoms with Gasteiger partial charge in [-0.1, -0.05) is 49.4 Å². The van der Waals surface area contributed by atoms with E-state index in [9.17, 15) is 0 Å². The Labute approximate surface area is 130 Å². The van der Waals surface area contributed by atoms with Crippen molar-refractivity contribution < 1.29 is 0 Å². The number of hydrogen-bond donors (Lipinski definition) is 1. The third-order valence-corrected chi connectivity index (χ3v) is 4.80. The first-order valence-electron chi connectivity index (χ1n) is 7.57. The summed E-state index contributed by atoms with van der Waals surface area (Å²) in [6.07, 6.45) is 1.08. The molecule has 2 heteroatoms. The first-order chi connectivity index (χ1) is 10.3. The van der Waals surface area contributed by atoms with Gasteiger partial charge in [-0.05, 0) is 53.4 Å². The Morgan fingerprint density at radius 2 is 1.86 bits per heavy atom. The van der Waals surface area contributed by atoms with E-state index in [1.807, 2.05) is 11.3 Å². The fourth-order valence-electron chi connectivity index (χ4n) is 2.81. The molecule has 0 bridgehead atoms. The summed E-state index contributed by atoms with van der Waals surface area (Å²) in [4.78, 5) is 0. The number of likely N-dealkylation sites (N-methyl/N-ethyl adjacent to an activating group) is 1. The summed E-state index contributed by atoms with van der Waals surface area (Å²) in [6, 6.07) is 18.3. The van der Waals surface area contributed by atoms with Gasteiger partial charge in [0.1, 0.15) is 0 Å². The standard InChI is InChI=1S/C19H21NS/c1-3-20-14(2)13-15-7-9-16(10-8-15)18-6-4-5-17-11-12-21-19(17)18/h4-12,14,20H,3,13H2,1-2H3. The molecule has 1 N–H and O–H groups in total. The fraction of sp³-hybridized carbons (Fsp3) is 0.263. The summed E-state index contributed by atoms with van der Waals surface area (Å²) < 4.78 is 1.38. The van der Waals surface area contributed by atoms with Gasteiger partial charge in [-0.15, -0.1) is 11.3 Å². The van der Waals surface area contributed by atoms with Crippen molar-refractivity contribution in [2.75, 3.05) is 6.54 Å². The maximum atomic E-state index is 3.46. The summed E-state index contributed by atoms with van der Waals surface area (Å²) >= 11 is 1.82. The zero-order chi connectivity index (χ0) is 14.7. The topological polar surface area (TPSA) is 12.0 Å². The predicted octanol–water partition coefficient (Wildman–Crippen LogP) is 5.11. The maximum absolute atomic E-state index is 3.46. The Morgan fingerprint density at radius 1 is 1.05 bits per heavy atom. The van der Waals surface area contributed by atoms with Crippen molar-refractivity contribution in [3.05, 3.63) is 59.5 Å². The molecule has 0 aliphatic rings. The molecule has 0 saturated carbocycles. The van der Waals surface area contributed by atoms with Crippen LogP contribution in [0.4, 0.5) is 0 Å². The van der Waals surface area contributed by atoms with Gasteiger partial charge in [0.05, 0.1) is 0 Å². The predicted molar refractivity (Wildman–Crippen MR) is 94.1 cm³/mol. The summed E-state index contributed by atoms with van der Waals surface area (Å²) in [6.45, 7) is 5.42. The number of fused-ring (bicyclic) bond motifs is 1. The third kappa shape index (κ3) is 3.17. The van der Waals surface area contributed by atoms with E-state index in [1.165, 1.54) is 26.8 Å². The van der Waals surface area contributed by atoms with Crippen LogP contribution in [0.15, 0.2) is 53.9 Å². The van der Waals surface area contributed by atoms with Gasteiger partial charge in [-0.3, -0.25) is 0 Å². The van der Waals surface area contributed by atoms with Crippen LogP contribution < -0.4 is 5.32 Å². The second-order valence-corrected chi connectivity index (χ2v) is 6.42. The van der Waals surface area contributed by atoms with E-state index in [1.54, 1.807) is 0 Å². The number of thiophene rings is 1. The third-order valence-electron chi connectivity index (χ3n) is 3.84. The van der Waals surface area contributed by atoms with Crippen LogP contribution in [0.3, 0.4) is 0 Å². The van der Waals surface area contributed by atoms with Gasteiger partial charge in [0.15, 0.2) is 0 Å². The minimum Gasteiger partial charge on any atom is -0.314 e. The maximum Gasteiger partial charge on any atom is 0.0421 e. The molecule has 0 saturated heterocycles. The van der Waals surface area contributed by atoms with E-state index < -0.39 is 0 Å². The molecule has 3 rings (SSSR count). The Bertz CT molecular complexity index is 712. The molecule has 1 unspecified atom stereocenters. The molecule has 1 nitrogen and oxygen atoms in total. The number of rotatable bonds is 5. The second-order valence-electron chi connectivity index (χ2n) is 5.50. The normalized spacial score (nSPS) is 12.7. The van der Waals surface area contributed by atoms with Gasteiger partial charge in [0.2, 0.25) is 0 Å². The lowest BCUT2D eigenvalue weighted by molar-refractivity contribution is 0.565. The van der Waals surface area contributed by atoms with Gasteiger partial charge in [-0.25, -0.2) is 0 Å². The summed E-state index contributed by atoms with van der Waals surface area (Å²) in [5, 5.41) is 6.97. The van der Waals surface area contributed by atoms with Crippen molar-refractivity contribution in [3.8, 4) is 11.1 Å². The molecule has 0 aliphatic heterocycles. The lowest BCUT2D eigenvalue weighted by Gasteiger charge is -2.12. The highest BCUT2D eigenvalue weighted by Crippen LogP contribution is 2.32. The van der Waals surface area contributed by atoms with Crippen LogP contribution in [0.5, 0.6) is 0 Å². The van der Waals surface area contributed by atoms with E-state index in [-0.39, 0.29) is 0 Å². The van der Waals surface area contributed by atoms with E-state index in [4.69, 9.17) is 0 Å². The van der Waals surface area contributed by atoms with Gasteiger partial charge < -0.3 is 5.32 Å². The lowest BCUT2D eigenvalue weighted by Crippen LogP contribution is -2.27. The minimum atomic E-state index is 0.529. The molecule has 108 valence electrons. The molecule has 0 fully saturated rings. The van der Waals surface area contributed by atoms with E-state index >= 15 is 0 Å². The molecule has 2 aromatic carbocycles. The van der Waals surface area contributed by atoms with E-state index in [0.29, 0.717) is 6.04 Å². The highest BCUT2D eigenvalue weighted by molar-refractivity contribution is 7.17. The van der Waals surface area contributed by atoms with Crippen LogP contribution in [0, 0.1) is 0 Å². The Kier molecular flexibility index (Phi) is 4.37. The first kappa shape index (κ1) is 14.3. The van der Waals surface area contributed by atoms with E-state index in [2.05, 4.69) is 73.1 Å². The quantitative estimate of drug-likeness (QED) is 0.690. The van der Waals surface area contributed by atoms with Crippen molar-refractivity contribution >= 4 is 21.4 Å². The summed E-state index contributed by atoms with van der Waals surface area (Å²) in [5.41, 5.74) is 4.04. The Hall–Kier alpha value is -1.64. The van der Waals surface area contributed by atoms with Crippen LogP contribution in [0.25, 0.3) is 21.2 Å². The summed E-state index contributed by atoms with van der Waals surface area (Å²) in [7, 11) is 0. The average molecular weight is 295 g/mol. The van der Waals surface area contributed by atoms with Crippen molar-refractivity contribution in [1.29, 1.82) is 0 Å². The average Bonchev–Trinajstić information content (AvgIpc) is 2.97. The first-order valence-corrected chi connectivity index (χ1v) is 8.45. The van der Waals surface area contributed by atoms with Crippen LogP contribution in [0.1, 0.15) is 19.4 Å². The Morgan fingerprint density at radius 3 is 2.62 bits per heavy atom. The van der Waals surface area contributed by atoms with E-state index in [0.717, 1.165) is 13.0 Å². The van der Waals surface area contributed by atoms with Crippen molar-refractivity contribution in [2.45, 2.75) is 26.3 Å². The smallest absolute Gasteiger partial charge is 0.0421 e. The molecule has 1 aromatic heterocycles. The minimum absolute atomic E-state index is 0.529. The molecule has 21 heavy (non-hydrogen) atoms. The highest BCUT2D eigenvalue weighted by atomic mass is 32.1. The molecule has 0 amide bonds. The monoisotopic (exact) mass is 295 g/mol. The molecule has 0 aliphatic carbocycles. The zero-order valence-corrected chi connectivity index (χ0v) is 13.4. The van der Waals surface area contributed by atoms with Crippen molar-refractivity contribution in [3.63, 3.8) is 0 Å². The van der Waals surface area contributed by atoms with Gasteiger partial charge in [0.25, 0.3) is 0 Å². The number of hydrogen-bond acceptors (Lipinski definition) is 2. The molecule has 1 heterocycles. The van der Waals surface area contributed by atoms with Crippen LogP contribution in [-0.4, -0.2) is 12.6 Å². The fourth-order valence-corrected chi connectivity index (χ4v) is 3.75. The molecule has 0 radical (unpaired) electrons. The van der Waals surface area contributed by atoms with Crippen LogP contribution in [0.2, 0.25) is 0 Å². The van der Waals surface area contributed by atoms with Gasteiger partial charge in [0, 0.05) is 10.7 Å². The second kappa shape index (κ2) is 6.42. The highest BCUT2D eigenvalue weighted by Gasteiger charge is 2.06. The SMILES string of the molecule is CCNC(C)Cc1ccc(-c2cccc3ccsc23)cc1. The van der Waals surface area contributed by atoms with Gasteiger partial charge >= 0.3 is 0 Å². The van der Waals surface area contributed by atoms with Crippen LogP contribution in [-0.2, 0) is 6.42 Å².